The summed E-state index contributed by atoms with van der Waals surface area (Å²) in [6.45, 7) is 5.06. The van der Waals surface area contributed by atoms with Crippen molar-refractivity contribution >= 4 is 33.2 Å². The number of rotatable bonds is 7. The molecule has 0 radical (unpaired) electrons. The molecule has 2 rings (SSSR count). The standard InChI is InChI=1S/C16H18BrNO3S/c1-3-5-10-21-16(19)13-14(17)22-15(18-13)11-6-8-12(9-7-11)20-4-2/h6-9H,3-5,10H2,1-2H3. The van der Waals surface area contributed by atoms with Crippen LogP contribution in [0.15, 0.2) is 28.1 Å². The number of halogens is 1. The number of aromatic nitrogens is 1. The predicted molar refractivity (Wildman–Crippen MR) is 91.6 cm³/mol. The number of esters is 1. The number of nitrogens with zero attached hydrogens (tertiary/aromatic N) is 1. The molecule has 22 heavy (non-hydrogen) atoms. The van der Waals surface area contributed by atoms with Crippen LogP contribution in [0.3, 0.4) is 0 Å². The second-order valence-corrected chi connectivity index (χ2v) is 6.91. The van der Waals surface area contributed by atoms with E-state index in [1.54, 1.807) is 0 Å². The van der Waals surface area contributed by atoms with Gasteiger partial charge in [-0.25, -0.2) is 9.78 Å². The lowest BCUT2D eigenvalue weighted by atomic mass is 10.2. The molecule has 0 aliphatic rings. The van der Waals surface area contributed by atoms with Crippen LogP contribution in [0.1, 0.15) is 37.2 Å². The fraction of sp³-hybridized carbons (Fsp3) is 0.375. The average Bonchev–Trinajstić information content (AvgIpc) is 2.90. The number of thiazole rings is 1. The molecule has 0 N–H and O–H groups in total. The van der Waals surface area contributed by atoms with Crippen molar-refractivity contribution in [2.75, 3.05) is 13.2 Å². The number of ether oxygens (including phenoxy) is 2. The van der Waals surface area contributed by atoms with Crippen molar-refractivity contribution in [1.82, 2.24) is 4.98 Å². The Kier molecular flexibility index (Phi) is 6.39. The van der Waals surface area contributed by atoms with E-state index < -0.39 is 0 Å². The summed E-state index contributed by atoms with van der Waals surface area (Å²) in [5, 5.41) is 0.775. The van der Waals surface area contributed by atoms with Crippen molar-refractivity contribution in [2.45, 2.75) is 26.7 Å². The van der Waals surface area contributed by atoms with Gasteiger partial charge in [-0.15, -0.1) is 11.3 Å². The molecule has 0 saturated heterocycles. The molecular formula is C16H18BrNO3S. The van der Waals surface area contributed by atoms with Gasteiger partial charge in [0.15, 0.2) is 5.69 Å². The maximum atomic E-state index is 12.0. The van der Waals surface area contributed by atoms with Crippen molar-refractivity contribution in [3.63, 3.8) is 0 Å². The minimum Gasteiger partial charge on any atom is -0.494 e. The van der Waals surface area contributed by atoms with Gasteiger partial charge in [0.25, 0.3) is 0 Å². The van der Waals surface area contributed by atoms with Crippen LogP contribution >= 0.6 is 27.3 Å². The third-order valence-corrected chi connectivity index (χ3v) is 4.68. The Morgan fingerprint density at radius 1 is 1.27 bits per heavy atom. The van der Waals surface area contributed by atoms with E-state index in [9.17, 15) is 4.79 Å². The molecule has 118 valence electrons. The van der Waals surface area contributed by atoms with Gasteiger partial charge in [-0.05, 0) is 53.5 Å². The van der Waals surface area contributed by atoms with E-state index in [0.29, 0.717) is 22.7 Å². The van der Waals surface area contributed by atoms with Crippen molar-refractivity contribution in [1.29, 1.82) is 0 Å². The molecule has 4 nitrogen and oxygen atoms in total. The fourth-order valence-corrected chi connectivity index (χ4v) is 3.29. The highest BCUT2D eigenvalue weighted by molar-refractivity contribution is 9.11. The summed E-state index contributed by atoms with van der Waals surface area (Å²) in [6, 6.07) is 7.66. The Labute approximate surface area is 142 Å². The second-order valence-electron chi connectivity index (χ2n) is 4.59. The summed E-state index contributed by atoms with van der Waals surface area (Å²) in [4.78, 5) is 16.4. The molecule has 0 atom stereocenters. The van der Waals surface area contributed by atoms with Crippen LogP contribution in [0.25, 0.3) is 10.6 Å². The zero-order valence-electron chi connectivity index (χ0n) is 12.6. The monoisotopic (exact) mass is 383 g/mol. The molecule has 0 fully saturated rings. The topological polar surface area (TPSA) is 48.4 Å². The highest BCUT2D eigenvalue weighted by Crippen LogP contribution is 2.33. The molecule has 0 bridgehead atoms. The average molecular weight is 384 g/mol. The number of benzene rings is 1. The van der Waals surface area contributed by atoms with Crippen molar-refractivity contribution in [2.24, 2.45) is 0 Å². The van der Waals surface area contributed by atoms with Gasteiger partial charge in [0, 0.05) is 5.56 Å². The second kappa shape index (κ2) is 8.29. The van der Waals surface area contributed by atoms with Gasteiger partial charge in [-0.3, -0.25) is 0 Å². The quantitative estimate of drug-likeness (QED) is 0.502. The highest BCUT2D eigenvalue weighted by atomic mass is 79.9. The fourth-order valence-electron chi connectivity index (χ4n) is 1.79. The van der Waals surface area contributed by atoms with Crippen LogP contribution < -0.4 is 4.74 Å². The van der Waals surface area contributed by atoms with Crippen LogP contribution in [0, 0.1) is 0 Å². The van der Waals surface area contributed by atoms with E-state index in [1.807, 2.05) is 31.2 Å². The van der Waals surface area contributed by atoms with Gasteiger partial charge in [0.2, 0.25) is 0 Å². The van der Waals surface area contributed by atoms with E-state index in [0.717, 1.165) is 29.2 Å². The summed E-state index contributed by atoms with van der Waals surface area (Å²) >= 11 is 4.81. The van der Waals surface area contributed by atoms with E-state index in [4.69, 9.17) is 9.47 Å². The maximum Gasteiger partial charge on any atom is 0.359 e. The summed E-state index contributed by atoms with van der Waals surface area (Å²) in [7, 11) is 0. The Bertz CT molecular complexity index is 625. The number of hydrogen-bond acceptors (Lipinski definition) is 5. The molecule has 0 aliphatic heterocycles. The van der Waals surface area contributed by atoms with Crippen molar-refractivity contribution in [3.05, 3.63) is 33.7 Å². The minimum absolute atomic E-state index is 0.338. The zero-order chi connectivity index (χ0) is 15.9. The van der Waals surface area contributed by atoms with Crippen LogP contribution in [-0.4, -0.2) is 24.2 Å². The van der Waals surface area contributed by atoms with E-state index in [2.05, 4.69) is 27.8 Å². The third kappa shape index (κ3) is 4.30. The predicted octanol–water partition coefficient (Wildman–Crippen LogP) is 4.93. The molecule has 1 aromatic carbocycles. The SMILES string of the molecule is CCCCOC(=O)c1nc(-c2ccc(OCC)cc2)sc1Br. The lowest BCUT2D eigenvalue weighted by Gasteiger charge is -2.03. The summed E-state index contributed by atoms with van der Waals surface area (Å²) in [5.41, 5.74) is 1.28. The van der Waals surface area contributed by atoms with Gasteiger partial charge in [-0.1, -0.05) is 13.3 Å². The Morgan fingerprint density at radius 3 is 2.64 bits per heavy atom. The minimum atomic E-state index is -0.381. The molecule has 2 aromatic rings. The molecule has 1 heterocycles. The Balaban J connectivity index is 2.13. The third-order valence-electron chi connectivity index (χ3n) is 2.92. The summed E-state index contributed by atoms with van der Waals surface area (Å²) in [5.74, 6) is 0.440. The molecule has 1 aromatic heterocycles. The van der Waals surface area contributed by atoms with Crippen LogP contribution in [0.2, 0.25) is 0 Å². The number of carbonyl (C=O) groups excluding carboxylic acids is 1. The van der Waals surface area contributed by atoms with Gasteiger partial charge >= 0.3 is 5.97 Å². The molecule has 0 aliphatic carbocycles. The molecule has 0 unspecified atom stereocenters. The van der Waals surface area contributed by atoms with Crippen LogP contribution in [0.4, 0.5) is 0 Å². The number of carbonyl (C=O) groups is 1. The van der Waals surface area contributed by atoms with Crippen molar-refractivity contribution < 1.29 is 14.3 Å². The maximum absolute atomic E-state index is 12.0. The number of unbranched alkanes of at least 4 members (excludes halogenated alkanes) is 1. The van der Waals surface area contributed by atoms with Gasteiger partial charge in [0.1, 0.15) is 14.5 Å². The molecule has 6 heteroatoms. The lowest BCUT2D eigenvalue weighted by Crippen LogP contribution is -2.07. The normalized spacial score (nSPS) is 10.5. The highest BCUT2D eigenvalue weighted by Gasteiger charge is 2.18. The zero-order valence-corrected chi connectivity index (χ0v) is 15.0. The van der Waals surface area contributed by atoms with E-state index >= 15 is 0 Å². The van der Waals surface area contributed by atoms with E-state index in [-0.39, 0.29) is 5.97 Å². The Hall–Kier alpha value is -1.40. The van der Waals surface area contributed by atoms with Crippen molar-refractivity contribution in [3.8, 4) is 16.3 Å². The first-order chi connectivity index (χ1) is 10.7. The van der Waals surface area contributed by atoms with E-state index in [1.165, 1.54) is 11.3 Å². The van der Waals surface area contributed by atoms with Gasteiger partial charge in [0.05, 0.1) is 13.2 Å². The molecular weight excluding hydrogens is 366 g/mol. The van der Waals surface area contributed by atoms with Gasteiger partial charge < -0.3 is 9.47 Å². The molecule has 0 amide bonds. The number of hydrogen-bond donors (Lipinski definition) is 0. The first-order valence-corrected chi connectivity index (χ1v) is 8.83. The Morgan fingerprint density at radius 2 is 2.00 bits per heavy atom. The van der Waals surface area contributed by atoms with Crippen LogP contribution in [0.5, 0.6) is 5.75 Å². The van der Waals surface area contributed by atoms with Gasteiger partial charge in [-0.2, -0.15) is 0 Å². The largest absolute Gasteiger partial charge is 0.494 e. The summed E-state index contributed by atoms with van der Waals surface area (Å²) in [6.07, 6.45) is 1.85. The first-order valence-electron chi connectivity index (χ1n) is 7.22. The molecule has 0 saturated carbocycles. The summed E-state index contributed by atoms with van der Waals surface area (Å²) < 4.78 is 11.3. The first kappa shape index (κ1) is 17.0. The van der Waals surface area contributed by atoms with Crippen LogP contribution in [-0.2, 0) is 4.74 Å². The lowest BCUT2D eigenvalue weighted by molar-refractivity contribution is 0.0493. The smallest absolute Gasteiger partial charge is 0.359 e. The molecule has 0 spiro atoms.